The van der Waals surface area contributed by atoms with Crippen LogP contribution in [0, 0.1) is 0 Å². The first-order chi connectivity index (χ1) is 15.3. The molecule has 1 unspecified atom stereocenters. The van der Waals surface area contributed by atoms with E-state index in [1.54, 1.807) is 0 Å². The third-order valence-electron chi connectivity index (χ3n) is 4.63. The molecule has 0 aliphatic rings. The number of nitrogens with two attached hydrogens (primary N) is 2. The van der Waals surface area contributed by atoms with E-state index in [4.69, 9.17) is 16.2 Å². The predicted octanol–water partition coefficient (Wildman–Crippen LogP) is -1.50. The van der Waals surface area contributed by atoms with E-state index in [0.29, 0.717) is 65.0 Å². The molecule has 1 rings (SSSR count). The third-order valence-corrected chi connectivity index (χ3v) is 4.63. The number of unbranched alkanes of at least 4 members (excludes halogenated alkanes) is 1. The number of hydrogen-bond donors (Lipinski definition) is 7. The van der Waals surface area contributed by atoms with E-state index in [9.17, 15) is 24.6 Å². The molecule has 1 heterocycles. The van der Waals surface area contributed by atoms with Gasteiger partial charge in [-0.15, -0.1) is 0 Å². The third kappa shape index (κ3) is 12.1. The minimum absolute atomic E-state index is 0.0333. The molecule has 0 spiro atoms. The number of primary amides is 1. The van der Waals surface area contributed by atoms with Gasteiger partial charge in [0.15, 0.2) is 11.8 Å². The lowest BCUT2D eigenvalue weighted by Gasteiger charge is -2.09. The highest BCUT2D eigenvalue weighted by Gasteiger charge is 2.08. The molecule has 9 N–H and O–H groups in total. The molecule has 0 radical (unpaired) electrons. The summed E-state index contributed by atoms with van der Waals surface area (Å²) >= 11 is 0. The Kier molecular flexibility index (Phi) is 13.5. The smallest absolute Gasteiger partial charge is 0.245 e. The van der Waals surface area contributed by atoms with Gasteiger partial charge >= 0.3 is 0 Å². The van der Waals surface area contributed by atoms with Crippen LogP contribution >= 0.6 is 0 Å². The fraction of sp³-hybridized carbons (Fsp3) is 0.650. The average Bonchev–Trinajstić information content (AvgIpc) is 3.07. The van der Waals surface area contributed by atoms with Crippen molar-refractivity contribution in [2.24, 2.45) is 11.5 Å². The van der Waals surface area contributed by atoms with Gasteiger partial charge in [-0.05, 0) is 25.7 Å². The fourth-order valence-electron chi connectivity index (χ4n) is 2.80. The molecule has 0 saturated carbocycles. The van der Waals surface area contributed by atoms with Crippen molar-refractivity contribution >= 4 is 17.7 Å². The first-order valence-corrected chi connectivity index (χ1v) is 10.8. The SMILES string of the molecule is NC(=O)C(N)CCCCNC(=O)COCCNCCNC(=O)CCCn1c(O)ccc1O. The Balaban J connectivity index is 1.89. The molecule has 1 aromatic heterocycles. The van der Waals surface area contributed by atoms with Gasteiger partial charge in [-0.1, -0.05) is 0 Å². The highest BCUT2D eigenvalue weighted by Crippen LogP contribution is 2.21. The Bertz CT molecular complexity index is 691. The van der Waals surface area contributed by atoms with Gasteiger partial charge in [-0.25, -0.2) is 0 Å². The van der Waals surface area contributed by atoms with E-state index in [2.05, 4.69) is 16.0 Å². The summed E-state index contributed by atoms with van der Waals surface area (Å²) in [7, 11) is 0. The van der Waals surface area contributed by atoms with Crippen molar-refractivity contribution in [1.29, 1.82) is 0 Å². The topological polar surface area (TPSA) is 194 Å². The zero-order valence-corrected chi connectivity index (χ0v) is 18.3. The summed E-state index contributed by atoms with van der Waals surface area (Å²) in [6, 6.07) is 2.14. The first-order valence-electron chi connectivity index (χ1n) is 10.8. The van der Waals surface area contributed by atoms with Crippen molar-refractivity contribution < 1.29 is 29.3 Å². The van der Waals surface area contributed by atoms with Gasteiger partial charge in [-0.2, -0.15) is 0 Å². The van der Waals surface area contributed by atoms with Gasteiger partial charge in [0.2, 0.25) is 17.7 Å². The highest BCUT2D eigenvalue weighted by atomic mass is 16.5. The molecule has 32 heavy (non-hydrogen) atoms. The molecule has 0 saturated heterocycles. The van der Waals surface area contributed by atoms with E-state index in [0.717, 1.165) is 0 Å². The second-order valence-electron chi connectivity index (χ2n) is 7.31. The number of aromatic nitrogens is 1. The van der Waals surface area contributed by atoms with Gasteiger partial charge in [0.05, 0.1) is 12.6 Å². The monoisotopic (exact) mass is 456 g/mol. The Morgan fingerprint density at radius 3 is 2.34 bits per heavy atom. The molecule has 3 amide bonds. The number of ether oxygens (including phenoxy) is 1. The van der Waals surface area contributed by atoms with E-state index >= 15 is 0 Å². The van der Waals surface area contributed by atoms with Crippen LogP contribution in [0.5, 0.6) is 11.8 Å². The van der Waals surface area contributed by atoms with Crippen LogP contribution in [-0.2, 0) is 25.7 Å². The van der Waals surface area contributed by atoms with E-state index in [-0.39, 0.29) is 36.6 Å². The lowest BCUT2D eigenvalue weighted by Crippen LogP contribution is -2.36. The number of rotatable bonds is 18. The molecule has 182 valence electrons. The summed E-state index contributed by atoms with van der Waals surface area (Å²) in [5.41, 5.74) is 10.6. The number of nitrogens with zero attached hydrogens (tertiary/aromatic N) is 1. The molecule has 0 fully saturated rings. The van der Waals surface area contributed by atoms with Gasteiger partial charge < -0.3 is 42.4 Å². The van der Waals surface area contributed by atoms with Crippen molar-refractivity contribution in [2.45, 2.75) is 44.7 Å². The molecule has 12 heteroatoms. The Labute approximate surface area is 187 Å². The van der Waals surface area contributed by atoms with Gasteiger partial charge in [0.25, 0.3) is 0 Å². The van der Waals surface area contributed by atoms with Crippen molar-refractivity contribution in [2.75, 3.05) is 39.4 Å². The van der Waals surface area contributed by atoms with Gasteiger partial charge in [0, 0.05) is 51.3 Å². The molecular formula is C20H36N6O6. The van der Waals surface area contributed by atoms with Crippen molar-refractivity contribution in [1.82, 2.24) is 20.5 Å². The van der Waals surface area contributed by atoms with Crippen LogP contribution in [0.2, 0.25) is 0 Å². The zero-order chi connectivity index (χ0) is 23.8. The Morgan fingerprint density at radius 1 is 0.969 bits per heavy atom. The summed E-state index contributed by atoms with van der Waals surface area (Å²) in [6.07, 6.45) is 2.68. The molecular weight excluding hydrogens is 420 g/mol. The number of amides is 3. The van der Waals surface area contributed by atoms with Gasteiger partial charge in [0.1, 0.15) is 6.61 Å². The number of nitrogens with one attached hydrogen (secondary N) is 3. The van der Waals surface area contributed by atoms with Crippen LogP contribution in [0.25, 0.3) is 0 Å². The minimum atomic E-state index is -0.643. The minimum Gasteiger partial charge on any atom is -0.494 e. The standard InChI is InChI=1S/C20H36N6O6/c21-15(20(22)31)4-1-2-8-24-17(28)14-32-13-11-23-9-10-25-16(27)5-3-12-26-18(29)6-7-19(26)30/h6-7,15,23,29-30H,1-5,8-14,21H2,(H2,22,31)(H,24,28)(H,25,27). The highest BCUT2D eigenvalue weighted by molar-refractivity contribution is 5.79. The summed E-state index contributed by atoms with van der Waals surface area (Å²) in [5.74, 6) is -0.908. The second kappa shape index (κ2) is 15.9. The number of carbonyl (C=O) groups excluding carboxylic acids is 3. The maximum atomic E-state index is 11.8. The Hall–Kier alpha value is -2.83. The second-order valence-corrected chi connectivity index (χ2v) is 7.31. The molecule has 12 nitrogen and oxygen atoms in total. The van der Waals surface area contributed by atoms with Crippen molar-refractivity contribution in [3.05, 3.63) is 12.1 Å². The quantitative estimate of drug-likeness (QED) is 0.130. The van der Waals surface area contributed by atoms with Crippen LogP contribution in [-0.4, -0.2) is 77.9 Å². The van der Waals surface area contributed by atoms with E-state index < -0.39 is 11.9 Å². The first kappa shape index (κ1) is 27.2. The lowest BCUT2D eigenvalue weighted by molar-refractivity contribution is -0.125. The van der Waals surface area contributed by atoms with E-state index in [1.807, 2.05) is 0 Å². The molecule has 0 aliphatic heterocycles. The maximum Gasteiger partial charge on any atom is 0.245 e. The molecule has 0 bridgehead atoms. The van der Waals surface area contributed by atoms with Crippen LogP contribution in [0.4, 0.5) is 0 Å². The predicted molar refractivity (Wildman–Crippen MR) is 118 cm³/mol. The molecule has 0 aromatic carbocycles. The number of hydrogen-bond acceptors (Lipinski definition) is 8. The Morgan fingerprint density at radius 2 is 1.66 bits per heavy atom. The maximum absolute atomic E-state index is 11.8. The van der Waals surface area contributed by atoms with Crippen LogP contribution in [0.15, 0.2) is 12.1 Å². The van der Waals surface area contributed by atoms with Crippen LogP contribution in [0.1, 0.15) is 32.1 Å². The van der Waals surface area contributed by atoms with Gasteiger partial charge in [-0.3, -0.25) is 19.0 Å². The molecule has 1 atom stereocenters. The summed E-state index contributed by atoms with van der Waals surface area (Å²) < 4.78 is 6.60. The van der Waals surface area contributed by atoms with Crippen molar-refractivity contribution in [3.63, 3.8) is 0 Å². The largest absolute Gasteiger partial charge is 0.494 e. The van der Waals surface area contributed by atoms with Crippen LogP contribution in [0.3, 0.4) is 0 Å². The normalized spacial score (nSPS) is 11.8. The fourth-order valence-corrected chi connectivity index (χ4v) is 2.80. The summed E-state index contributed by atoms with van der Waals surface area (Å²) in [4.78, 5) is 34.2. The molecule has 1 aromatic rings. The van der Waals surface area contributed by atoms with Crippen molar-refractivity contribution in [3.8, 4) is 11.8 Å². The lowest BCUT2D eigenvalue weighted by atomic mass is 10.1. The van der Waals surface area contributed by atoms with Crippen LogP contribution < -0.4 is 27.4 Å². The summed E-state index contributed by atoms with van der Waals surface area (Å²) in [6.45, 7) is 2.72. The summed E-state index contributed by atoms with van der Waals surface area (Å²) in [5, 5.41) is 27.6. The number of carbonyl (C=O) groups is 3. The average molecular weight is 457 g/mol. The van der Waals surface area contributed by atoms with E-state index in [1.165, 1.54) is 16.7 Å². The number of aromatic hydroxyl groups is 2. The molecule has 0 aliphatic carbocycles. The zero-order valence-electron chi connectivity index (χ0n) is 18.3.